The molecular formula is C20H17ClN2O4S. The quantitative estimate of drug-likeness (QED) is 0.589. The number of rotatable bonds is 5. The van der Waals surface area contributed by atoms with Crippen molar-refractivity contribution in [1.82, 2.24) is 4.98 Å². The first-order chi connectivity index (χ1) is 13.4. The van der Waals surface area contributed by atoms with E-state index in [9.17, 15) is 13.0 Å². The van der Waals surface area contributed by atoms with Crippen LogP contribution in [0.25, 0.3) is 0 Å². The van der Waals surface area contributed by atoms with Crippen molar-refractivity contribution in [3.05, 3.63) is 77.6 Å². The van der Waals surface area contributed by atoms with Crippen LogP contribution in [0.1, 0.15) is 17.4 Å². The molecule has 1 aromatic heterocycles. The topological polar surface area (TPSA) is 79.7 Å². The molecule has 0 saturated heterocycles. The number of aromatic nitrogens is 1. The molecule has 0 radical (unpaired) electrons. The fourth-order valence-electron chi connectivity index (χ4n) is 3.31. The molecule has 6 nitrogen and oxygen atoms in total. The molecule has 2 heterocycles. The largest absolute Gasteiger partial charge is 0.453 e. The molecule has 1 aliphatic rings. The van der Waals surface area contributed by atoms with Crippen LogP contribution in [0.15, 0.2) is 66.9 Å². The van der Waals surface area contributed by atoms with Gasteiger partial charge in [0.1, 0.15) is 5.25 Å². The highest BCUT2D eigenvalue weighted by Crippen LogP contribution is 2.47. The molecule has 3 aromatic rings. The van der Waals surface area contributed by atoms with Crippen LogP contribution in [-0.2, 0) is 10.1 Å². The molecule has 1 N–H and O–H groups in total. The Labute approximate surface area is 168 Å². The van der Waals surface area contributed by atoms with Crippen molar-refractivity contribution < 1.29 is 17.7 Å². The Morgan fingerprint density at radius 2 is 1.79 bits per heavy atom. The first-order valence-corrected chi connectivity index (χ1v) is 10.5. The van der Waals surface area contributed by atoms with E-state index < -0.39 is 15.4 Å². The fraction of sp³-hybridized carbons (Fsp3) is 0.150. The van der Waals surface area contributed by atoms with Crippen LogP contribution < -0.4 is 9.64 Å². The second-order valence-electron chi connectivity index (χ2n) is 6.38. The summed E-state index contributed by atoms with van der Waals surface area (Å²) in [5, 5.41) is -0.589. The van der Waals surface area contributed by atoms with Gasteiger partial charge in [-0.2, -0.15) is 8.42 Å². The van der Waals surface area contributed by atoms with Gasteiger partial charge in [-0.05, 0) is 48.9 Å². The van der Waals surface area contributed by atoms with Crippen molar-refractivity contribution in [3.63, 3.8) is 0 Å². The second-order valence-corrected chi connectivity index (χ2v) is 8.42. The number of anilines is 2. The van der Waals surface area contributed by atoms with Crippen molar-refractivity contribution in [2.24, 2.45) is 0 Å². The molecule has 0 spiro atoms. The second kappa shape index (κ2) is 7.43. The van der Waals surface area contributed by atoms with Gasteiger partial charge in [-0.15, -0.1) is 0 Å². The summed E-state index contributed by atoms with van der Waals surface area (Å²) >= 11 is 6.17. The van der Waals surface area contributed by atoms with Gasteiger partial charge in [0.05, 0.1) is 17.1 Å². The van der Waals surface area contributed by atoms with Gasteiger partial charge < -0.3 is 9.64 Å². The summed E-state index contributed by atoms with van der Waals surface area (Å²) in [6.45, 7) is 0.314. The van der Waals surface area contributed by atoms with Crippen LogP contribution in [0, 0.1) is 0 Å². The fourth-order valence-corrected chi connectivity index (χ4v) is 4.32. The van der Waals surface area contributed by atoms with Gasteiger partial charge in [-0.25, -0.2) is 0 Å². The van der Waals surface area contributed by atoms with E-state index in [1.54, 1.807) is 36.4 Å². The Morgan fingerprint density at radius 1 is 1.04 bits per heavy atom. The lowest BCUT2D eigenvalue weighted by atomic mass is 10.1. The Bertz CT molecular complexity index is 1110. The maximum atomic E-state index is 12.0. The molecule has 28 heavy (non-hydrogen) atoms. The van der Waals surface area contributed by atoms with Gasteiger partial charge >= 0.3 is 0 Å². The van der Waals surface area contributed by atoms with Crippen LogP contribution in [0.5, 0.6) is 11.5 Å². The van der Waals surface area contributed by atoms with Gasteiger partial charge in [0.25, 0.3) is 10.1 Å². The summed E-state index contributed by atoms with van der Waals surface area (Å²) in [4.78, 5) is 6.05. The van der Waals surface area contributed by atoms with Gasteiger partial charge in [-0.1, -0.05) is 29.8 Å². The maximum Gasteiger partial charge on any atom is 0.273 e. The van der Waals surface area contributed by atoms with Gasteiger partial charge in [-0.3, -0.25) is 9.54 Å². The molecule has 1 unspecified atom stereocenters. The van der Waals surface area contributed by atoms with Crippen LogP contribution in [0.3, 0.4) is 0 Å². The monoisotopic (exact) mass is 416 g/mol. The summed E-state index contributed by atoms with van der Waals surface area (Å²) in [5.74, 6) is 1.29. The summed E-state index contributed by atoms with van der Waals surface area (Å²) < 4.78 is 39.7. The van der Waals surface area contributed by atoms with E-state index in [1.807, 2.05) is 29.2 Å². The molecule has 1 aliphatic heterocycles. The first-order valence-electron chi connectivity index (χ1n) is 8.65. The molecule has 144 valence electrons. The van der Waals surface area contributed by atoms with E-state index in [-0.39, 0.29) is 6.42 Å². The molecule has 0 bridgehead atoms. The third-order valence-electron chi connectivity index (χ3n) is 4.58. The molecule has 8 heteroatoms. The van der Waals surface area contributed by atoms with Crippen LogP contribution >= 0.6 is 11.6 Å². The number of pyridine rings is 1. The minimum Gasteiger partial charge on any atom is -0.453 e. The number of para-hydroxylation sites is 2. The third kappa shape index (κ3) is 3.69. The minimum atomic E-state index is -4.33. The summed E-state index contributed by atoms with van der Waals surface area (Å²) in [6.07, 6.45) is 1.64. The average molecular weight is 417 g/mol. The number of nitrogens with zero attached hydrogens (tertiary/aromatic N) is 2. The Balaban J connectivity index is 1.70. The molecule has 0 aliphatic carbocycles. The molecule has 0 amide bonds. The molecule has 0 fully saturated rings. The van der Waals surface area contributed by atoms with E-state index in [0.29, 0.717) is 28.8 Å². The summed E-state index contributed by atoms with van der Waals surface area (Å²) in [5.41, 5.74) is 1.84. The normalized spacial score (nSPS) is 14.0. The van der Waals surface area contributed by atoms with Crippen LogP contribution in [0.4, 0.5) is 11.4 Å². The predicted molar refractivity (Wildman–Crippen MR) is 108 cm³/mol. The summed E-state index contributed by atoms with van der Waals surface area (Å²) in [6, 6.07) is 17.8. The van der Waals surface area contributed by atoms with E-state index in [1.165, 1.54) is 6.20 Å². The SMILES string of the molecule is O=S(=O)(O)C(CCN1c2ccccc2Oc2ccc(Cl)cc21)c1ccccn1. The number of hydrogen-bond acceptors (Lipinski definition) is 5. The Hall–Kier alpha value is -2.61. The van der Waals surface area contributed by atoms with Crippen LogP contribution in [-0.4, -0.2) is 24.5 Å². The molecule has 1 atom stereocenters. The lowest BCUT2D eigenvalue weighted by Gasteiger charge is -2.33. The Kier molecular flexibility index (Phi) is 4.97. The van der Waals surface area contributed by atoms with Gasteiger partial charge in [0, 0.05) is 17.8 Å². The van der Waals surface area contributed by atoms with Crippen LogP contribution in [0.2, 0.25) is 5.02 Å². The highest BCUT2D eigenvalue weighted by atomic mass is 35.5. The van der Waals surface area contributed by atoms with E-state index in [2.05, 4.69) is 4.98 Å². The number of ether oxygens (including phenoxy) is 1. The standard InChI is InChI=1S/C20H17ClN2O4S/c21-14-8-9-19-17(13-14)23(16-6-1-2-7-18(16)27-19)12-10-20(28(24,25)26)15-5-3-4-11-22-15/h1-9,11,13,20H,10,12H2,(H,24,25,26). The zero-order chi connectivity index (χ0) is 19.7. The first kappa shape index (κ1) is 18.7. The van der Waals surface area contributed by atoms with E-state index >= 15 is 0 Å². The summed E-state index contributed by atoms with van der Waals surface area (Å²) in [7, 11) is -4.33. The zero-order valence-electron chi connectivity index (χ0n) is 14.7. The van der Waals surface area contributed by atoms with E-state index in [0.717, 1.165) is 11.4 Å². The third-order valence-corrected chi connectivity index (χ3v) is 6.01. The molecule has 0 saturated carbocycles. The van der Waals surface area contributed by atoms with Crippen molar-refractivity contribution in [2.45, 2.75) is 11.7 Å². The molecule has 4 rings (SSSR count). The number of fused-ring (bicyclic) bond motifs is 2. The predicted octanol–water partition coefficient (Wildman–Crippen LogP) is 5.00. The molecule has 2 aromatic carbocycles. The highest BCUT2D eigenvalue weighted by Gasteiger charge is 2.30. The maximum absolute atomic E-state index is 12.0. The van der Waals surface area contributed by atoms with Crippen molar-refractivity contribution in [1.29, 1.82) is 0 Å². The number of benzene rings is 2. The smallest absolute Gasteiger partial charge is 0.273 e. The lowest BCUT2D eigenvalue weighted by molar-refractivity contribution is 0.460. The van der Waals surface area contributed by atoms with E-state index in [4.69, 9.17) is 16.3 Å². The molecular weight excluding hydrogens is 400 g/mol. The lowest BCUT2D eigenvalue weighted by Crippen LogP contribution is -2.26. The number of halogens is 1. The average Bonchev–Trinajstić information content (AvgIpc) is 2.67. The van der Waals surface area contributed by atoms with Gasteiger partial charge in [0.15, 0.2) is 11.5 Å². The highest BCUT2D eigenvalue weighted by molar-refractivity contribution is 7.86. The number of hydrogen-bond donors (Lipinski definition) is 1. The van der Waals surface area contributed by atoms with Crippen molar-refractivity contribution in [3.8, 4) is 11.5 Å². The zero-order valence-corrected chi connectivity index (χ0v) is 16.3. The van der Waals surface area contributed by atoms with Crippen molar-refractivity contribution in [2.75, 3.05) is 11.4 Å². The van der Waals surface area contributed by atoms with Crippen molar-refractivity contribution >= 4 is 33.1 Å². The Morgan fingerprint density at radius 3 is 2.54 bits per heavy atom. The minimum absolute atomic E-state index is 0.135. The van der Waals surface area contributed by atoms with Gasteiger partial charge in [0.2, 0.25) is 0 Å².